The van der Waals surface area contributed by atoms with E-state index in [0.29, 0.717) is 0 Å². The highest BCUT2D eigenvalue weighted by Crippen LogP contribution is 2.27. The number of carboxylic acid groups (broad SMARTS) is 1. The van der Waals surface area contributed by atoms with Crippen LogP contribution in [0.2, 0.25) is 0 Å². The number of amides is 1. The normalized spacial score (nSPS) is 19.3. The summed E-state index contributed by atoms with van der Waals surface area (Å²) in [5.74, 6) is -2.43. The number of benzene rings is 1. The molecule has 0 saturated carbocycles. The summed E-state index contributed by atoms with van der Waals surface area (Å²) < 4.78 is 13.7. The number of carbonyl (C=O) groups excluding carboxylic acids is 1. The summed E-state index contributed by atoms with van der Waals surface area (Å²) in [4.78, 5) is 23.6. The minimum absolute atomic E-state index is 0.0564. The predicted octanol–water partition coefficient (Wildman–Crippen LogP) is 0.869. The lowest BCUT2D eigenvalue weighted by Gasteiger charge is -2.17. The molecule has 1 atom stereocenters. The van der Waals surface area contributed by atoms with Crippen molar-refractivity contribution in [2.45, 2.75) is 6.42 Å². The van der Waals surface area contributed by atoms with Crippen molar-refractivity contribution in [3.8, 4) is 0 Å². The van der Waals surface area contributed by atoms with Crippen LogP contribution in [0.15, 0.2) is 18.2 Å². The largest absolute Gasteiger partial charge is 0.478 e. The molecular weight excluding hydrogens is 241 g/mol. The van der Waals surface area contributed by atoms with Crippen LogP contribution in [0.5, 0.6) is 0 Å². The van der Waals surface area contributed by atoms with E-state index in [4.69, 9.17) is 10.2 Å². The first kappa shape index (κ1) is 12.5. The highest BCUT2D eigenvalue weighted by atomic mass is 19.1. The van der Waals surface area contributed by atoms with Gasteiger partial charge in [0.2, 0.25) is 5.91 Å². The topological polar surface area (TPSA) is 77.8 Å². The van der Waals surface area contributed by atoms with Crippen LogP contribution in [0.25, 0.3) is 0 Å². The molecule has 18 heavy (non-hydrogen) atoms. The average Bonchev–Trinajstić information content (AvgIpc) is 2.70. The second-order valence-electron chi connectivity index (χ2n) is 4.23. The van der Waals surface area contributed by atoms with Crippen molar-refractivity contribution in [3.63, 3.8) is 0 Å². The third-order valence-electron chi connectivity index (χ3n) is 2.95. The van der Waals surface area contributed by atoms with E-state index in [-0.39, 0.29) is 42.6 Å². The van der Waals surface area contributed by atoms with E-state index in [0.717, 1.165) is 6.07 Å². The maximum atomic E-state index is 13.7. The van der Waals surface area contributed by atoms with Crippen LogP contribution in [0.3, 0.4) is 0 Å². The van der Waals surface area contributed by atoms with Crippen LogP contribution >= 0.6 is 0 Å². The van der Waals surface area contributed by atoms with Crippen LogP contribution in [0, 0.1) is 11.7 Å². The maximum absolute atomic E-state index is 13.7. The van der Waals surface area contributed by atoms with Crippen molar-refractivity contribution in [1.29, 1.82) is 0 Å². The Hall–Kier alpha value is -1.95. The van der Waals surface area contributed by atoms with Crippen LogP contribution in [0.1, 0.15) is 16.8 Å². The minimum Gasteiger partial charge on any atom is -0.478 e. The molecule has 1 fully saturated rings. The number of anilines is 1. The number of halogens is 1. The molecule has 0 radical (unpaired) electrons. The molecule has 0 bridgehead atoms. The number of nitrogens with zero attached hydrogens (tertiary/aromatic N) is 1. The molecule has 0 spiro atoms. The van der Waals surface area contributed by atoms with Gasteiger partial charge in [-0.3, -0.25) is 4.79 Å². The first-order valence-corrected chi connectivity index (χ1v) is 5.47. The summed E-state index contributed by atoms with van der Waals surface area (Å²) in [6, 6.07) is 3.41. The van der Waals surface area contributed by atoms with E-state index in [1.165, 1.54) is 17.0 Å². The molecule has 1 aromatic rings. The number of aliphatic hydroxyl groups excluding tert-OH is 1. The van der Waals surface area contributed by atoms with Gasteiger partial charge in [0.25, 0.3) is 0 Å². The number of rotatable bonds is 3. The molecule has 0 aromatic heterocycles. The number of aliphatic hydroxyl groups is 1. The Morgan fingerprint density at radius 3 is 2.72 bits per heavy atom. The van der Waals surface area contributed by atoms with Gasteiger partial charge in [0.15, 0.2) is 0 Å². The fourth-order valence-electron chi connectivity index (χ4n) is 2.00. The molecule has 6 heteroatoms. The lowest BCUT2D eigenvalue weighted by molar-refractivity contribution is -0.117. The van der Waals surface area contributed by atoms with Gasteiger partial charge in [-0.05, 0) is 18.2 Å². The second-order valence-corrected chi connectivity index (χ2v) is 4.23. The molecule has 5 nitrogen and oxygen atoms in total. The molecular formula is C12H12FNO4. The number of carbonyl (C=O) groups is 2. The van der Waals surface area contributed by atoms with Crippen LogP contribution < -0.4 is 4.90 Å². The number of carboxylic acids is 1. The monoisotopic (exact) mass is 253 g/mol. The average molecular weight is 253 g/mol. The lowest BCUT2D eigenvalue weighted by Crippen LogP contribution is -2.26. The van der Waals surface area contributed by atoms with E-state index in [1.54, 1.807) is 0 Å². The summed E-state index contributed by atoms with van der Waals surface area (Å²) in [6.45, 7) is 0.121. The highest BCUT2D eigenvalue weighted by Gasteiger charge is 2.31. The fraction of sp³-hybridized carbons (Fsp3) is 0.333. The molecule has 1 aromatic carbocycles. The molecule has 1 amide bonds. The Kier molecular flexibility index (Phi) is 3.29. The van der Waals surface area contributed by atoms with Gasteiger partial charge >= 0.3 is 5.97 Å². The third kappa shape index (κ3) is 2.19. The third-order valence-corrected chi connectivity index (χ3v) is 2.95. The van der Waals surface area contributed by atoms with Crippen LogP contribution in [0.4, 0.5) is 10.1 Å². The second kappa shape index (κ2) is 4.73. The van der Waals surface area contributed by atoms with Gasteiger partial charge in [-0.25, -0.2) is 9.18 Å². The molecule has 1 aliphatic heterocycles. The summed E-state index contributed by atoms with van der Waals surface area (Å²) in [6.07, 6.45) is 0.177. The number of hydrogen-bond acceptors (Lipinski definition) is 3. The van der Waals surface area contributed by atoms with E-state index in [2.05, 4.69) is 0 Å². The standard InChI is InChI=1S/C12H12FNO4/c13-9-4-8(12(17)18)1-2-10(9)14-5-7(6-15)3-11(14)16/h1-2,4,7,15H,3,5-6H2,(H,17,18). The zero-order valence-corrected chi connectivity index (χ0v) is 9.47. The summed E-state index contributed by atoms with van der Waals surface area (Å²) in [5, 5.41) is 17.7. The molecule has 2 N–H and O–H groups in total. The predicted molar refractivity (Wildman–Crippen MR) is 60.9 cm³/mol. The lowest BCUT2D eigenvalue weighted by atomic mass is 10.1. The van der Waals surface area contributed by atoms with Crippen molar-refractivity contribution in [3.05, 3.63) is 29.6 Å². The van der Waals surface area contributed by atoms with Gasteiger partial charge in [0.1, 0.15) is 5.82 Å². The van der Waals surface area contributed by atoms with Gasteiger partial charge in [-0.15, -0.1) is 0 Å². The van der Waals surface area contributed by atoms with Gasteiger partial charge in [-0.1, -0.05) is 0 Å². The molecule has 1 unspecified atom stereocenters. The van der Waals surface area contributed by atoms with Crippen molar-refractivity contribution < 1.29 is 24.2 Å². The highest BCUT2D eigenvalue weighted by molar-refractivity contribution is 5.96. The van der Waals surface area contributed by atoms with Crippen molar-refractivity contribution in [2.24, 2.45) is 5.92 Å². The van der Waals surface area contributed by atoms with Gasteiger partial charge in [-0.2, -0.15) is 0 Å². The van der Waals surface area contributed by atoms with Gasteiger partial charge in [0, 0.05) is 25.5 Å². The summed E-state index contributed by atoms with van der Waals surface area (Å²) >= 11 is 0. The number of aromatic carboxylic acids is 1. The Bertz CT molecular complexity index is 503. The van der Waals surface area contributed by atoms with Crippen molar-refractivity contribution in [1.82, 2.24) is 0 Å². The molecule has 1 aliphatic rings. The SMILES string of the molecule is O=C(O)c1ccc(N2CC(CO)CC2=O)c(F)c1. The zero-order valence-electron chi connectivity index (χ0n) is 9.47. The van der Waals surface area contributed by atoms with E-state index >= 15 is 0 Å². The Morgan fingerprint density at radius 2 is 2.22 bits per heavy atom. The molecule has 0 aliphatic carbocycles. The first-order chi connectivity index (χ1) is 8.52. The van der Waals surface area contributed by atoms with Crippen LogP contribution in [-0.2, 0) is 4.79 Å². The summed E-state index contributed by atoms with van der Waals surface area (Å²) in [7, 11) is 0. The Balaban J connectivity index is 2.29. The number of hydrogen-bond donors (Lipinski definition) is 2. The minimum atomic E-state index is -1.22. The quantitative estimate of drug-likeness (QED) is 0.837. The zero-order chi connectivity index (χ0) is 13.3. The molecule has 1 saturated heterocycles. The summed E-state index contributed by atoms with van der Waals surface area (Å²) in [5.41, 5.74) is -0.109. The van der Waals surface area contributed by atoms with Gasteiger partial charge in [0.05, 0.1) is 11.3 Å². The van der Waals surface area contributed by atoms with Crippen molar-refractivity contribution >= 4 is 17.6 Å². The molecule has 96 valence electrons. The van der Waals surface area contributed by atoms with Crippen LogP contribution in [-0.4, -0.2) is 35.2 Å². The Labute approximate surface area is 102 Å². The maximum Gasteiger partial charge on any atom is 0.335 e. The smallest absolute Gasteiger partial charge is 0.335 e. The first-order valence-electron chi connectivity index (χ1n) is 5.47. The Morgan fingerprint density at radius 1 is 1.50 bits per heavy atom. The van der Waals surface area contributed by atoms with E-state index in [9.17, 15) is 14.0 Å². The van der Waals surface area contributed by atoms with E-state index < -0.39 is 11.8 Å². The molecule has 1 heterocycles. The van der Waals surface area contributed by atoms with Crippen molar-refractivity contribution in [2.75, 3.05) is 18.1 Å². The van der Waals surface area contributed by atoms with Gasteiger partial charge < -0.3 is 15.1 Å². The fourth-order valence-corrected chi connectivity index (χ4v) is 2.00. The molecule has 2 rings (SSSR count). The van der Waals surface area contributed by atoms with E-state index in [1.807, 2.05) is 0 Å².